The normalized spacial score (nSPS) is 22.2. The molecule has 1 aliphatic heterocycles. The summed E-state index contributed by atoms with van der Waals surface area (Å²) in [6.07, 6.45) is 3.06. The number of hydrogen-bond donors (Lipinski definition) is 0. The molecule has 0 radical (unpaired) electrons. The van der Waals surface area contributed by atoms with Gasteiger partial charge in [0, 0.05) is 16.5 Å². The molecular formula is C36H30N2O5. The van der Waals surface area contributed by atoms with Crippen LogP contribution in [-0.4, -0.2) is 35.2 Å². The summed E-state index contributed by atoms with van der Waals surface area (Å²) < 4.78 is 5.49. The van der Waals surface area contributed by atoms with E-state index < -0.39 is 5.97 Å². The van der Waals surface area contributed by atoms with Crippen molar-refractivity contribution in [2.45, 2.75) is 27.2 Å². The summed E-state index contributed by atoms with van der Waals surface area (Å²) in [4.78, 5) is 58.9. The van der Waals surface area contributed by atoms with Gasteiger partial charge in [0.1, 0.15) is 0 Å². The number of nitrogens with zero attached hydrogens (tertiary/aromatic N) is 2. The maximum Gasteiger partial charge on any atom is 0.339 e. The Kier molecular flexibility index (Phi) is 6.34. The highest BCUT2D eigenvalue weighted by atomic mass is 16.5. The number of carbonyl (C=O) groups excluding carboxylic acids is 4. The summed E-state index contributed by atoms with van der Waals surface area (Å²) >= 11 is 0. The summed E-state index contributed by atoms with van der Waals surface area (Å²) in [5, 5.41) is 0.616. The quantitative estimate of drug-likeness (QED) is 0.118. The first-order valence-corrected chi connectivity index (χ1v) is 14.5. The first-order valence-electron chi connectivity index (χ1n) is 14.5. The van der Waals surface area contributed by atoms with Gasteiger partial charge in [-0.05, 0) is 80.5 Å². The number of benzene rings is 3. The number of carbonyl (C=O) groups is 4. The largest absolute Gasteiger partial charge is 0.454 e. The number of amides is 2. The van der Waals surface area contributed by atoms with Gasteiger partial charge in [-0.3, -0.25) is 19.3 Å². The molecule has 4 unspecified atom stereocenters. The molecule has 43 heavy (non-hydrogen) atoms. The fraction of sp³-hybridized carbons (Fsp3) is 0.250. The smallest absolute Gasteiger partial charge is 0.339 e. The Morgan fingerprint density at radius 2 is 1.63 bits per heavy atom. The van der Waals surface area contributed by atoms with E-state index in [1.807, 2.05) is 38.1 Å². The number of rotatable bonds is 6. The third-order valence-electron chi connectivity index (χ3n) is 9.40. The van der Waals surface area contributed by atoms with E-state index in [4.69, 9.17) is 9.72 Å². The van der Waals surface area contributed by atoms with Gasteiger partial charge in [-0.2, -0.15) is 0 Å². The lowest BCUT2D eigenvalue weighted by Crippen LogP contribution is -2.32. The van der Waals surface area contributed by atoms with E-state index in [0.29, 0.717) is 39.0 Å². The maximum atomic E-state index is 13.4. The zero-order chi connectivity index (χ0) is 30.0. The van der Waals surface area contributed by atoms with Crippen molar-refractivity contribution in [1.29, 1.82) is 0 Å². The Balaban J connectivity index is 1.14. The molecule has 4 atom stereocenters. The highest BCUT2D eigenvalue weighted by Gasteiger charge is 2.60. The molecule has 0 N–H and O–H groups in total. The number of aromatic nitrogens is 1. The van der Waals surface area contributed by atoms with Gasteiger partial charge in [0.25, 0.3) is 0 Å². The number of esters is 1. The van der Waals surface area contributed by atoms with Crippen molar-refractivity contribution < 1.29 is 23.9 Å². The number of anilines is 1. The predicted octanol–water partition coefficient (Wildman–Crippen LogP) is 6.26. The van der Waals surface area contributed by atoms with Gasteiger partial charge in [0.05, 0.1) is 34.3 Å². The molecule has 214 valence electrons. The minimum absolute atomic E-state index is 0.119. The topological polar surface area (TPSA) is 93.6 Å². The van der Waals surface area contributed by atoms with Crippen LogP contribution in [0.3, 0.4) is 0 Å². The van der Waals surface area contributed by atoms with E-state index in [2.05, 4.69) is 13.0 Å². The van der Waals surface area contributed by atoms with Crippen LogP contribution in [-0.2, 0) is 14.3 Å². The molecule has 2 aliphatic carbocycles. The van der Waals surface area contributed by atoms with Crippen LogP contribution in [0.25, 0.3) is 22.2 Å². The summed E-state index contributed by atoms with van der Waals surface area (Å²) in [6.45, 7) is 5.59. The van der Waals surface area contributed by atoms with Crippen LogP contribution in [0.5, 0.6) is 0 Å². The molecule has 2 heterocycles. The fourth-order valence-electron chi connectivity index (χ4n) is 7.01. The lowest BCUT2D eigenvalue weighted by atomic mass is 9.82. The number of aryl methyl sites for hydroxylation is 2. The van der Waals surface area contributed by atoms with E-state index in [1.54, 1.807) is 48.5 Å². The number of imide groups is 1. The van der Waals surface area contributed by atoms with E-state index in [1.165, 1.54) is 10.5 Å². The minimum Gasteiger partial charge on any atom is -0.454 e. The highest BCUT2D eigenvalue weighted by molar-refractivity contribution is 6.23. The second kappa shape index (κ2) is 10.1. The average molecular weight is 571 g/mol. The standard InChI is InChI=1S/C36H30N2O5/c1-19-8-9-23(14-20(19)2)31(39)18-43-36(42)28-17-30(37-29-7-5-4-6-26(28)29)22-10-12-25(13-11-22)38-34(40)32-24-15-21(3)27(16-24)33(32)35(38)41/h4-15,17,24,27,32-33H,16,18H2,1-3H3. The summed E-state index contributed by atoms with van der Waals surface area (Å²) in [5.41, 5.74) is 6.48. The fourth-order valence-corrected chi connectivity index (χ4v) is 7.01. The number of fused-ring (bicyclic) bond motifs is 6. The summed E-state index contributed by atoms with van der Waals surface area (Å²) in [5.74, 6) is -1.36. The highest BCUT2D eigenvalue weighted by Crippen LogP contribution is 2.55. The SMILES string of the molecule is CC1=CC2CC1C1C(=O)N(c3ccc(-c4cc(C(=O)OCC(=O)c5ccc(C)c(C)c5)c5ccccc5n4)cc3)C(=O)C21. The first kappa shape index (κ1) is 27.0. The molecule has 1 saturated heterocycles. The molecule has 2 amide bonds. The van der Waals surface area contributed by atoms with Crippen LogP contribution >= 0.6 is 0 Å². The Labute approximate surface area is 249 Å². The van der Waals surface area contributed by atoms with Gasteiger partial charge in [-0.15, -0.1) is 0 Å². The van der Waals surface area contributed by atoms with Crippen molar-refractivity contribution in [2.75, 3.05) is 11.5 Å². The molecule has 4 aromatic rings. The van der Waals surface area contributed by atoms with Crippen LogP contribution < -0.4 is 4.90 Å². The molecule has 1 aromatic heterocycles. The molecule has 3 aromatic carbocycles. The zero-order valence-electron chi connectivity index (χ0n) is 24.2. The number of hydrogen-bond acceptors (Lipinski definition) is 6. The van der Waals surface area contributed by atoms with Crippen molar-refractivity contribution in [3.8, 4) is 11.3 Å². The van der Waals surface area contributed by atoms with Gasteiger partial charge in [-0.1, -0.05) is 54.1 Å². The van der Waals surface area contributed by atoms with Crippen LogP contribution in [0.2, 0.25) is 0 Å². The van der Waals surface area contributed by atoms with Crippen LogP contribution in [0.4, 0.5) is 5.69 Å². The maximum absolute atomic E-state index is 13.4. The lowest BCUT2D eigenvalue weighted by molar-refractivity contribution is -0.123. The zero-order valence-corrected chi connectivity index (χ0v) is 24.2. The van der Waals surface area contributed by atoms with E-state index >= 15 is 0 Å². The van der Waals surface area contributed by atoms with Gasteiger partial charge < -0.3 is 4.74 Å². The van der Waals surface area contributed by atoms with Gasteiger partial charge in [-0.25, -0.2) is 9.78 Å². The molecule has 7 nitrogen and oxygen atoms in total. The van der Waals surface area contributed by atoms with Gasteiger partial charge >= 0.3 is 5.97 Å². The Morgan fingerprint density at radius 3 is 2.40 bits per heavy atom. The van der Waals surface area contributed by atoms with Crippen LogP contribution in [0.1, 0.15) is 45.2 Å². The van der Waals surface area contributed by atoms with Crippen molar-refractivity contribution in [2.24, 2.45) is 23.7 Å². The summed E-state index contributed by atoms with van der Waals surface area (Å²) in [6, 6.07) is 21.4. The Morgan fingerprint density at radius 1 is 0.884 bits per heavy atom. The van der Waals surface area contributed by atoms with Crippen molar-refractivity contribution in [3.05, 3.63) is 107 Å². The predicted molar refractivity (Wildman–Crippen MR) is 163 cm³/mol. The summed E-state index contributed by atoms with van der Waals surface area (Å²) in [7, 11) is 0. The van der Waals surface area contributed by atoms with Gasteiger partial charge in [0.15, 0.2) is 12.4 Å². The second-order valence-electron chi connectivity index (χ2n) is 11.9. The van der Waals surface area contributed by atoms with Crippen LogP contribution in [0, 0.1) is 37.5 Å². The van der Waals surface area contributed by atoms with Crippen LogP contribution in [0.15, 0.2) is 84.4 Å². The monoisotopic (exact) mass is 570 g/mol. The molecule has 7 rings (SSSR count). The number of ketones is 1. The second-order valence-corrected chi connectivity index (χ2v) is 11.9. The third kappa shape index (κ3) is 4.38. The van der Waals surface area contributed by atoms with Crippen molar-refractivity contribution >= 4 is 40.2 Å². The van der Waals surface area contributed by atoms with Crippen molar-refractivity contribution in [1.82, 2.24) is 4.98 Å². The molecule has 2 fully saturated rings. The van der Waals surface area contributed by atoms with Crippen molar-refractivity contribution in [3.63, 3.8) is 0 Å². The minimum atomic E-state index is -0.619. The number of para-hydroxylation sites is 1. The van der Waals surface area contributed by atoms with E-state index in [9.17, 15) is 19.2 Å². The molecular weight excluding hydrogens is 540 g/mol. The Hall–Kier alpha value is -4.91. The number of Topliss-reactive ketones (excluding diaryl/α,β-unsaturated/α-hetero) is 1. The molecule has 2 bridgehead atoms. The van der Waals surface area contributed by atoms with E-state index in [0.717, 1.165) is 17.5 Å². The first-order chi connectivity index (χ1) is 20.7. The lowest BCUT2D eigenvalue weighted by Gasteiger charge is -2.19. The molecule has 3 aliphatic rings. The average Bonchev–Trinajstić information content (AvgIpc) is 3.66. The number of allylic oxidation sites excluding steroid dienone is 2. The number of pyridine rings is 1. The van der Waals surface area contributed by atoms with E-state index in [-0.39, 0.29) is 47.9 Å². The molecule has 1 saturated carbocycles. The van der Waals surface area contributed by atoms with Gasteiger partial charge in [0.2, 0.25) is 11.8 Å². The Bertz CT molecular complexity index is 1890. The molecule has 7 heteroatoms. The number of ether oxygens (including phenoxy) is 1. The third-order valence-corrected chi connectivity index (χ3v) is 9.40. The molecule has 0 spiro atoms.